The maximum atomic E-state index is 9.02. The highest BCUT2D eigenvalue weighted by atomic mass is 31.1. The summed E-state index contributed by atoms with van der Waals surface area (Å²) < 4.78 is 0. The number of unbranched alkanes of at least 4 members (excludes halogenated alkanes) is 2. The normalized spacial score (nSPS) is 13.2. The van der Waals surface area contributed by atoms with Gasteiger partial charge in [-0.25, -0.2) is 0 Å². The van der Waals surface area contributed by atoms with E-state index in [0.29, 0.717) is 6.61 Å². The van der Waals surface area contributed by atoms with Crippen molar-refractivity contribution in [1.29, 1.82) is 0 Å². The SMILES string of the molecule is CCCCP(CCCC)C(CCC)CCCO. The monoisotopic (exact) mass is 260 g/mol. The van der Waals surface area contributed by atoms with E-state index in [9.17, 15) is 0 Å². The Morgan fingerprint density at radius 2 is 1.41 bits per heavy atom. The van der Waals surface area contributed by atoms with E-state index >= 15 is 0 Å². The van der Waals surface area contributed by atoms with Crippen LogP contribution in [0.15, 0.2) is 0 Å². The molecule has 0 aromatic rings. The van der Waals surface area contributed by atoms with Gasteiger partial charge in [-0.05, 0) is 50.1 Å². The average molecular weight is 260 g/mol. The molecule has 0 aliphatic rings. The van der Waals surface area contributed by atoms with Crippen LogP contribution in [-0.2, 0) is 0 Å². The Morgan fingerprint density at radius 1 is 0.824 bits per heavy atom. The lowest BCUT2D eigenvalue weighted by atomic mass is 10.1. The highest BCUT2D eigenvalue weighted by molar-refractivity contribution is 7.58. The molecule has 17 heavy (non-hydrogen) atoms. The van der Waals surface area contributed by atoms with E-state index in [1.54, 1.807) is 0 Å². The second-order valence-electron chi connectivity index (χ2n) is 5.05. The Labute approximate surface area is 110 Å². The van der Waals surface area contributed by atoms with Gasteiger partial charge in [-0.2, -0.15) is 0 Å². The van der Waals surface area contributed by atoms with Crippen molar-refractivity contribution < 1.29 is 5.11 Å². The van der Waals surface area contributed by atoms with E-state index in [1.165, 1.54) is 57.3 Å². The molecule has 1 nitrogen and oxygen atoms in total. The van der Waals surface area contributed by atoms with E-state index in [1.807, 2.05) is 0 Å². The molecule has 0 aromatic carbocycles. The highest BCUT2D eigenvalue weighted by Gasteiger charge is 2.18. The van der Waals surface area contributed by atoms with Crippen molar-refractivity contribution in [3.05, 3.63) is 0 Å². The van der Waals surface area contributed by atoms with Crippen molar-refractivity contribution >= 4 is 7.92 Å². The third kappa shape index (κ3) is 9.03. The molecule has 104 valence electrons. The molecule has 1 atom stereocenters. The maximum Gasteiger partial charge on any atom is 0.0431 e. The van der Waals surface area contributed by atoms with Crippen molar-refractivity contribution in [2.75, 3.05) is 18.9 Å². The van der Waals surface area contributed by atoms with Gasteiger partial charge >= 0.3 is 0 Å². The largest absolute Gasteiger partial charge is 0.396 e. The van der Waals surface area contributed by atoms with Crippen molar-refractivity contribution in [2.24, 2.45) is 0 Å². The summed E-state index contributed by atoms with van der Waals surface area (Å²) in [6.45, 7) is 7.29. The predicted molar refractivity (Wildman–Crippen MR) is 81.5 cm³/mol. The lowest BCUT2D eigenvalue weighted by Gasteiger charge is -2.28. The van der Waals surface area contributed by atoms with E-state index in [4.69, 9.17) is 5.11 Å². The molecule has 0 bridgehead atoms. The van der Waals surface area contributed by atoms with Gasteiger partial charge in [-0.1, -0.05) is 40.0 Å². The van der Waals surface area contributed by atoms with Gasteiger partial charge in [0.05, 0.1) is 0 Å². The van der Waals surface area contributed by atoms with Gasteiger partial charge in [0.15, 0.2) is 0 Å². The summed E-state index contributed by atoms with van der Waals surface area (Å²) in [4.78, 5) is 0. The van der Waals surface area contributed by atoms with E-state index in [2.05, 4.69) is 20.8 Å². The van der Waals surface area contributed by atoms with Gasteiger partial charge in [0, 0.05) is 6.61 Å². The Morgan fingerprint density at radius 3 is 1.82 bits per heavy atom. The van der Waals surface area contributed by atoms with Crippen LogP contribution in [0.2, 0.25) is 0 Å². The zero-order valence-corrected chi connectivity index (χ0v) is 13.1. The minimum atomic E-state index is 0.236. The minimum Gasteiger partial charge on any atom is -0.396 e. The van der Waals surface area contributed by atoms with Crippen molar-refractivity contribution in [3.8, 4) is 0 Å². The van der Waals surface area contributed by atoms with Gasteiger partial charge < -0.3 is 5.11 Å². The number of rotatable bonds is 12. The Kier molecular flexibility index (Phi) is 13.1. The Bertz CT molecular complexity index is 142. The summed E-state index contributed by atoms with van der Waals surface area (Å²) in [6.07, 6.45) is 13.4. The summed E-state index contributed by atoms with van der Waals surface area (Å²) in [6, 6.07) is 0. The van der Waals surface area contributed by atoms with Gasteiger partial charge in [0.25, 0.3) is 0 Å². The summed E-state index contributed by atoms with van der Waals surface area (Å²) in [5.74, 6) is 0. The first-order valence-corrected chi connectivity index (χ1v) is 9.43. The van der Waals surface area contributed by atoms with Gasteiger partial charge in [-0.3, -0.25) is 0 Å². The molecule has 0 saturated heterocycles. The van der Waals surface area contributed by atoms with Crippen LogP contribution in [0.3, 0.4) is 0 Å². The molecule has 0 heterocycles. The molecule has 0 radical (unpaired) electrons. The van der Waals surface area contributed by atoms with Crippen LogP contribution in [0.25, 0.3) is 0 Å². The standard InChI is InChI=1S/C15H33OP/c1-4-7-13-17(14-8-5-2)15(10-6-3)11-9-12-16/h15-16H,4-14H2,1-3H3. The predicted octanol–water partition coefficient (Wildman–Crippen LogP) is 5.01. The van der Waals surface area contributed by atoms with Crippen LogP contribution in [0, 0.1) is 0 Å². The third-order valence-electron chi connectivity index (χ3n) is 3.43. The topological polar surface area (TPSA) is 20.2 Å². The lowest BCUT2D eigenvalue weighted by molar-refractivity contribution is 0.283. The van der Waals surface area contributed by atoms with Gasteiger partial charge in [0.1, 0.15) is 0 Å². The molecule has 0 rings (SSSR count). The molecule has 0 fully saturated rings. The highest BCUT2D eigenvalue weighted by Crippen LogP contribution is 2.47. The Balaban J connectivity index is 4.20. The number of hydrogen-bond donors (Lipinski definition) is 1. The van der Waals surface area contributed by atoms with Crippen LogP contribution < -0.4 is 0 Å². The zero-order chi connectivity index (χ0) is 12.9. The fourth-order valence-corrected chi connectivity index (χ4v) is 5.94. The molecule has 1 N–H and O–H groups in total. The second-order valence-corrected chi connectivity index (χ2v) is 7.85. The third-order valence-corrected chi connectivity index (χ3v) is 6.76. The van der Waals surface area contributed by atoms with Crippen LogP contribution in [0.4, 0.5) is 0 Å². The first kappa shape index (κ1) is 17.4. The first-order chi connectivity index (χ1) is 8.29. The van der Waals surface area contributed by atoms with Gasteiger partial charge in [-0.15, -0.1) is 7.92 Å². The molecule has 0 aliphatic heterocycles. The summed E-state index contributed by atoms with van der Waals surface area (Å²) in [5.41, 5.74) is 0.931. The van der Waals surface area contributed by atoms with E-state index in [-0.39, 0.29) is 7.92 Å². The van der Waals surface area contributed by atoms with Crippen molar-refractivity contribution in [2.45, 2.75) is 77.8 Å². The molecule has 0 saturated carbocycles. The lowest BCUT2D eigenvalue weighted by Crippen LogP contribution is -2.11. The smallest absolute Gasteiger partial charge is 0.0431 e. The zero-order valence-electron chi connectivity index (χ0n) is 12.2. The van der Waals surface area contributed by atoms with Crippen LogP contribution in [0.5, 0.6) is 0 Å². The van der Waals surface area contributed by atoms with Crippen LogP contribution >= 0.6 is 7.92 Å². The second kappa shape index (κ2) is 12.8. The summed E-state index contributed by atoms with van der Waals surface area (Å²) in [7, 11) is 0.236. The van der Waals surface area contributed by atoms with Crippen molar-refractivity contribution in [3.63, 3.8) is 0 Å². The number of aliphatic hydroxyl groups is 1. The molecule has 1 unspecified atom stereocenters. The minimum absolute atomic E-state index is 0.236. The maximum absolute atomic E-state index is 9.02. The summed E-state index contributed by atoms with van der Waals surface area (Å²) >= 11 is 0. The van der Waals surface area contributed by atoms with Crippen LogP contribution in [-0.4, -0.2) is 29.7 Å². The quantitative estimate of drug-likeness (QED) is 0.489. The molecule has 0 amide bonds. The van der Waals surface area contributed by atoms with Crippen LogP contribution in [0.1, 0.15) is 72.1 Å². The van der Waals surface area contributed by atoms with Crippen molar-refractivity contribution in [1.82, 2.24) is 0 Å². The Hall–Kier alpha value is 0.390. The fraction of sp³-hybridized carbons (Fsp3) is 1.00. The number of hydrogen-bond acceptors (Lipinski definition) is 1. The average Bonchev–Trinajstić information content (AvgIpc) is 2.35. The van der Waals surface area contributed by atoms with Gasteiger partial charge in [0.2, 0.25) is 0 Å². The number of aliphatic hydroxyl groups excluding tert-OH is 1. The fourth-order valence-electron chi connectivity index (χ4n) is 2.37. The molecule has 2 heteroatoms. The summed E-state index contributed by atoms with van der Waals surface area (Å²) in [5, 5.41) is 9.02. The molecular weight excluding hydrogens is 227 g/mol. The molecule has 0 aliphatic carbocycles. The first-order valence-electron chi connectivity index (χ1n) is 7.64. The molecule has 0 aromatic heterocycles. The molecule has 0 spiro atoms. The van der Waals surface area contributed by atoms with E-state index < -0.39 is 0 Å². The molecular formula is C15H33OP. The van der Waals surface area contributed by atoms with E-state index in [0.717, 1.165) is 12.1 Å².